The van der Waals surface area contributed by atoms with Crippen molar-refractivity contribution in [3.63, 3.8) is 0 Å². The highest BCUT2D eigenvalue weighted by Crippen LogP contribution is 2.52. The number of ether oxygens (including phenoxy) is 1. The van der Waals surface area contributed by atoms with Crippen molar-refractivity contribution >= 4 is 28.5 Å². The predicted molar refractivity (Wildman–Crippen MR) is 140 cm³/mol. The fourth-order valence-corrected chi connectivity index (χ4v) is 5.69. The van der Waals surface area contributed by atoms with E-state index in [0.717, 1.165) is 11.1 Å². The van der Waals surface area contributed by atoms with Gasteiger partial charge in [-0.1, -0.05) is 60.2 Å². The van der Waals surface area contributed by atoms with Gasteiger partial charge in [0.15, 0.2) is 11.0 Å². The minimum absolute atomic E-state index is 0.0662. The van der Waals surface area contributed by atoms with Gasteiger partial charge in [-0.15, -0.1) is 0 Å². The predicted octanol–water partition coefficient (Wildman–Crippen LogP) is 4.38. The molecule has 1 atom stereocenters. The summed E-state index contributed by atoms with van der Waals surface area (Å²) in [6.45, 7) is 2.83. The molecule has 3 aromatic carbocycles. The molecule has 0 saturated heterocycles. The number of carbonyl (C=O) groups is 2. The Morgan fingerprint density at radius 3 is 2.49 bits per heavy atom. The van der Waals surface area contributed by atoms with Crippen molar-refractivity contribution in [2.45, 2.75) is 25.4 Å². The van der Waals surface area contributed by atoms with Crippen LogP contribution in [0.1, 0.15) is 39.2 Å². The molecular formula is C30H26N2O5. The summed E-state index contributed by atoms with van der Waals surface area (Å²) in [4.78, 5) is 45.9. The molecule has 7 heteroatoms. The number of fused-ring (bicyclic) bond motifs is 5. The molecule has 0 radical (unpaired) electrons. The topological polar surface area (TPSA) is 80.1 Å². The molecule has 6 rings (SSSR count). The van der Waals surface area contributed by atoms with E-state index in [1.807, 2.05) is 67.6 Å². The summed E-state index contributed by atoms with van der Waals surface area (Å²) in [5.41, 5.74) is 1.59. The summed E-state index contributed by atoms with van der Waals surface area (Å²) in [5, 5.41) is 0.358. The second-order valence-corrected chi connectivity index (χ2v) is 9.54. The molecule has 7 nitrogen and oxygen atoms in total. The molecule has 0 aliphatic carbocycles. The summed E-state index contributed by atoms with van der Waals surface area (Å²) in [6.07, 6.45) is 0.499. The molecule has 0 fully saturated rings. The van der Waals surface area contributed by atoms with Crippen molar-refractivity contribution in [1.82, 2.24) is 4.90 Å². The Kier molecular flexibility index (Phi) is 5.46. The van der Waals surface area contributed by atoms with E-state index in [-0.39, 0.29) is 29.2 Å². The molecule has 186 valence electrons. The van der Waals surface area contributed by atoms with Crippen molar-refractivity contribution in [1.29, 1.82) is 0 Å². The van der Waals surface area contributed by atoms with Crippen molar-refractivity contribution < 1.29 is 18.7 Å². The number of benzene rings is 3. The number of aryl methyl sites for hydroxylation is 1. The second-order valence-electron chi connectivity index (χ2n) is 9.54. The third-order valence-corrected chi connectivity index (χ3v) is 7.30. The number of methoxy groups -OCH3 is 1. The van der Waals surface area contributed by atoms with Gasteiger partial charge in [-0.2, -0.15) is 0 Å². The summed E-state index contributed by atoms with van der Waals surface area (Å²) in [6, 6.07) is 22.4. The molecular weight excluding hydrogens is 468 g/mol. The summed E-state index contributed by atoms with van der Waals surface area (Å²) in [7, 11) is 1.59. The van der Waals surface area contributed by atoms with Crippen LogP contribution >= 0.6 is 0 Å². The van der Waals surface area contributed by atoms with Crippen molar-refractivity contribution in [3.05, 3.63) is 111 Å². The number of nitrogens with zero attached hydrogens (tertiary/aromatic N) is 2. The van der Waals surface area contributed by atoms with Gasteiger partial charge in [0.05, 0.1) is 23.2 Å². The molecule has 0 saturated carbocycles. The summed E-state index contributed by atoms with van der Waals surface area (Å²) >= 11 is 0. The number of amides is 2. The number of rotatable bonds is 6. The number of hydrogen-bond donors (Lipinski definition) is 0. The average Bonchev–Trinajstić information content (AvgIpc) is 3.30. The first-order valence-electron chi connectivity index (χ1n) is 12.3. The van der Waals surface area contributed by atoms with Crippen LogP contribution in [0.3, 0.4) is 0 Å². The van der Waals surface area contributed by atoms with Crippen LogP contribution < -0.4 is 10.3 Å². The van der Waals surface area contributed by atoms with Crippen LogP contribution in [-0.4, -0.2) is 37.0 Å². The van der Waals surface area contributed by atoms with Gasteiger partial charge in [-0.3, -0.25) is 14.4 Å². The van der Waals surface area contributed by atoms with Gasteiger partial charge >= 0.3 is 0 Å². The van der Waals surface area contributed by atoms with E-state index in [1.54, 1.807) is 24.1 Å². The molecule has 2 aliphatic heterocycles. The van der Waals surface area contributed by atoms with Crippen molar-refractivity contribution in [3.8, 4) is 0 Å². The van der Waals surface area contributed by atoms with E-state index in [9.17, 15) is 14.4 Å². The van der Waals surface area contributed by atoms with Crippen LogP contribution in [0.4, 0.5) is 5.69 Å². The fraction of sp³-hybridized carbons (Fsp3) is 0.233. The molecule has 4 aromatic rings. The fourth-order valence-electron chi connectivity index (χ4n) is 5.69. The van der Waals surface area contributed by atoms with Gasteiger partial charge in [-0.05, 0) is 37.1 Å². The van der Waals surface area contributed by atoms with E-state index in [1.165, 1.54) is 4.90 Å². The molecule has 2 amide bonds. The molecule has 2 aliphatic rings. The molecule has 3 heterocycles. The van der Waals surface area contributed by atoms with Crippen molar-refractivity contribution in [2.24, 2.45) is 0 Å². The molecule has 1 spiro atoms. The van der Waals surface area contributed by atoms with Gasteiger partial charge in [0.25, 0.3) is 11.8 Å². The molecule has 37 heavy (non-hydrogen) atoms. The van der Waals surface area contributed by atoms with E-state index in [2.05, 4.69) is 0 Å². The first-order chi connectivity index (χ1) is 18.0. The van der Waals surface area contributed by atoms with E-state index in [0.29, 0.717) is 41.8 Å². The van der Waals surface area contributed by atoms with Crippen LogP contribution in [0.5, 0.6) is 0 Å². The standard InChI is InChI=1S/C30H26N2O5/c1-19-13-14-24-21(17-19)26(33)25-27(37-24)28(34)32(15-8-16-36-2)30(25)22-11-6-7-12-23(22)31(29(30)35)18-20-9-4-3-5-10-20/h3-7,9-14,17H,8,15-16,18H2,1-2H3. The van der Waals surface area contributed by atoms with Crippen LogP contribution in [0.25, 0.3) is 11.0 Å². The normalized spacial score (nSPS) is 18.2. The lowest BCUT2D eigenvalue weighted by Gasteiger charge is -2.34. The maximum Gasteiger partial charge on any atom is 0.291 e. The maximum absolute atomic E-state index is 14.6. The van der Waals surface area contributed by atoms with Gasteiger partial charge in [-0.25, -0.2) is 0 Å². The average molecular weight is 495 g/mol. The Labute approximate surface area is 213 Å². The SMILES string of the molecule is COCCCN1C(=O)c2oc3ccc(C)cc3c(=O)c2C12C(=O)N(Cc1ccccc1)c1ccccc12. The zero-order chi connectivity index (χ0) is 25.7. The summed E-state index contributed by atoms with van der Waals surface area (Å²) in [5.74, 6) is -0.861. The van der Waals surface area contributed by atoms with E-state index in [4.69, 9.17) is 9.15 Å². The lowest BCUT2D eigenvalue weighted by molar-refractivity contribution is -0.126. The first kappa shape index (κ1) is 23.2. The number of anilines is 1. The highest BCUT2D eigenvalue weighted by molar-refractivity contribution is 6.17. The van der Waals surface area contributed by atoms with Crippen molar-refractivity contribution in [2.75, 3.05) is 25.2 Å². The van der Waals surface area contributed by atoms with Gasteiger partial charge in [0.2, 0.25) is 5.76 Å². The Morgan fingerprint density at radius 1 is 0.946 bits per heavy atom. The third kappa shape index (κ3) is 3.27. The zero-order valence-electron chi connectivity index (χ0n) is 20.7. The van der Waals surface area contributed by atoms with Gasteiger partial charge in [0, 0.05) is 25.8 Å². The van der Waals surface area contributed by atoms with Crippen LogP contribution in [0, 0.1) is 6.92 Å². The number of hydrogen-bond acceptors (Lipinski definition) is 5. The number of carbonyl (C=O) groups excluding carboxylic acids is 2. The highest BCUT2D eigenvalue weighted by atomic mass is 16.5. The summed E-state index contributed by atoms with van der Waals surface area (Å²) < 4.78 is 11.3. The zero-order valence-corrected chi connectivity index (χ0v) is 20.7. The van der Waals surface area contributed by atoms with Crippen LogP contribution in [0.15, 0.2) is 82.0 Å². The smallest absolute Gasteiger partial charge is 0.291 e. The van der Waals surface area contributed by atoms with Gasteiger partial charge in [0.1, 0.15) is 5.58 Å². The van der Waals surface area contributed by atoms with Crippen LogP contribution in [-0.2, 0) is 21.6 Å². The Hall–Kier alpha value is -4.23. The Morgan fingerprint density at radius 2 is 1.70 bits per heavy atom. The quantitative estimate of drug-likeness (QED) is 0.372. The Balaban J connectivity index is 1.64. The van der Waals surface area contributed by atoms with E-state index < -0.39 is 11.4 Å². The monoisotopic (exact) mass is 494 g/mol. The minimum atomic E-state index is -1.61. The Bertz CT molecular complexity index is 1610. The van der Waals surface area contributed by atoms with Crippen LogP contribution in [0.2, 0.25) is 0 Å². The maximum atomic E-state index is 14.6. The highest BCUT2D eigenvalue weighted by Gasteiger charge is 2.64. The number of para-hydroxylation sites is 1. The minimum Gasteiger partial charge on any atom is -0.450 e. The molecule has 0 bridgehead atoms. The largest absolute Gasteiger partial charge is 0.450 e. The van der Waals surface area contributed by atoms with Gasteiger partial charge < -0.3 is 19.0 Å². The lowest BCUT2D eigenvalue weighted by atomic mass is 9.84. The molecule has 0 N–H and O–H groups in total. The molecule has 1 aromatic heterocycles. The lowest BCUT2D eigenvalue weighted by Crippen LogP contribution is -2.53. The third-order valence-electron chi connectivity index (χ3n) is 7.30. The molecule has 1 unspecified atom stereocenters. The van der Waals surface area contributed by atoms with E-state index >= 15 is 0 Å². The first-order valence-corrected chi connectivity index (χ1v) is 12.3. The second kappa shape index (κ2) is 8.71.